The maximum Gasteiger partial charge on any atom is 0.243 e. The van der Waals surface area contributed by atoms with Crippen molar-refractivity contribution >= 4 is 12.6 Å². The van der Waals surface area contributed by atoms with E-state index in [4.69, 9.17) is 0 Å². The summed E-state index contributed by atoms with van der Waals surface area (Å²) in [7, 11) is 2.07. The van der Waals surface area contributed by atoms with E-state index in [0.717, 1.165) is 12.3 Å². The molecule has 3 heteroatoms. The van der Waals surface area contributed by atoms with Crippen LogP contribution in [-0.4, -0.2) is 10.3 Å². The molecule has 92 valence electrons. The van der Waals surface area contributed by atoms with Crippen LogP contribution in [0.2, 0.25) is 0 Å². The predicted octanol–water partition coefficient (Wildman–Crippen LogP) is 2.97. The molecule has 0 bridgehead atoms. The van der Waals surface area contributed by atoms with E-state index in [2.05, 4.69) is 47.5 Å². The molecule has 0 aliphatic rings. The SMILES string of the molecule is C[n+]1ccn(CCCCCCCCCS)c1. The zero-order valence-corrected chi connectivity index (χ0v) is 11.3. The number of unbranched alkanes of at least 4 members (excludes halogenated alkanes) is 6. The van der Waals surface area contributed by atoms with Crippen molar-refractivity contribution in [1.82, 2.24) is 4.57 Å². The lowest BCUT2D eigenvalue weighted by Gasteiger charge is -2.00. The summed E-state index contributed by atoms with van der Waals surface area (Å²) in [6.07, 6.45) is 15.9. The van der Waals surface area contributed by atoms with Crippen LogP contribution in [0.3, 0.4) is 0 Å². The van der Waals surface area contributed by atoms with E-state index in [-0.39, 0.29) is 0 Å². The average Bonchev–Trinajstić information content (AvgIpc) is 2.68. The Morgan fingerprint density at radius 1 is 1.00 bits per heavy atom. The van der Waals surface area contributed by atoms with Crippen LogP contribution in [0.15, 0.2) is 18.7 Å². The highest BCUT2D eigenvalue weighted by Crippen LogP contribution is 2.08. The molecule has 0 N–H and O–H groups in total. The van der Waals surface area contributed by atoms with Gasteiger partial charge in [-0.15, -0.1) is 0 Å². The summed E-state index contributed by atoms with van der Waals surface area (Å²) in [4.78, 5) is 0. The number of hydrogen-bond acceptors (Lipinski definition) is 1. The van der Waals surface area contributed by atoms with E-state index >= 15 is 0 Å². The zero-order chi connectivity index (χ0) is 11.6. The van der Waals surface area contributed by atoms with Crippen LogP contribution in [0.4, 0.5) is 0 Å². The Hall–Kier alpha value is -0.440. The molecule has 0 radical (unpaired) electrons. The van der Waals surface area contributed by atoms with E-state index in [1.54, 1.807) is 0 Å². The average molecular weight is 241 g/mol. The lowest BCUT2D eigenvalue weighted by atomic mass is 10.1. The number of imidazole rings is 1. The van der Waals surface area contributed by atoms with Crippen molar-refractivity contribution in [2.24, 2.45) is 7.05 Å². The minimum absolute atomic E-state index is 1.05. The second kappa shape index (κ2) is 8.68. The van der Waals surface area contributed by atoms with Gasteiger partial charge in [0.25, 0.3) is 0 Å². The van der Waals surface area contributed by atoms with Crippen LogP contribution in [0.5, 0.6) is 0 Å². The van der Waals surface area contributed by atoms with Gasteiger partial charge in [-0.1, -0.05) is 25.7 Å². The molecule has 0 aromatic carbocycles. The summed E-state index contributed by atoms with van der Waals surface area (Å²) >= 11 is 4.22. The second-order valence-electron chi connectivity index (χ2n) is 4.52. The van der Waals surface area contributed by atoms with E-state index in [0.29, 0.717) is 0 Å². The molecule has 0 fully saturated rings. The van der Waals surface area contributed by atoms with E-state index < -0.39 is 0 Å². The first-order valence-corrected chi connectivity index (χ1v) is 7.08. The molecule has 1 aromatic heterocycles. The molecule has 16 heavy (non-hydrogen) atoms. The molecule has 0 aliphatic carbocycles. The maximum absolute atomic E-state index is 4.22. The van der Waals surface area contributed by atoms with Crippen LogP contribution in [-0.2, 0) is 13.6 Å². The zero-order valence-electron chi connectivity index (χ0n) is 10.4. The molecule has 0 saturated heterocycles. The molecule has 1 heterocycles. The molecule has 1 aromatic rings. The van der Waals surface area contributed by atoms with Gasteiger partial charge in [-0.05, 0) is 25.0 Å². The van der Waals surface area contributed by atoms with Crippen molar-refractivity contribution in [3.8, 4) is 0 Å². The third-order valence-corrected chi connectivity index (χ3v) is 3.21. The van der Waals surface area contributed by atoms with Crippen LogP contribution in [0.25, 0.3) is 0 Å². The number of aryl methyl sites for hydroxylation is 2. The minimum atomic E-state index is 1.05. The molecule has 0 spiro atoms. The van der Waals surface area contributed by atoms with Crippen molar-refractivity contribution in [3.05, 3.63) is 18.7 Å². The summed E-state index contributed by atoms with van der Waals surface area (Å²) in [5.74, 6) is 1.05. The molecule has 0 atom stereocenters. The normalized spacial score (nSPS) is 10.9. The lowest BCUT2D eigenvalue weighted by molar-refractivity contribution is -0.671. The second-order valence-corrected chi connectivity index (χ2v) is 4.96. The van der Waals surface area contributed by atoms with Gasteiger partial charge >= 0.3 is 0 Å². The number of hydrogen-bond donors (Lipinski definition) is 1. The summed E-state index contributed by atoms with van der Waals surface area (Å²) in [5, 5.41) is 0. The molecule has 2 nitrogen and oxygen atoms in total. The third kappa shape index (κ3) is 6.21. The first-order chi connectivity index (χ1) is 7.83. The standard InChI is InChI=1S/C13H24N2S/c1-14-10-11-15(13-14)9-7-5-3-2-4-6-8-12-16/h10-11,13H,2-9,12H2,1H3/p+1. The van der Waals surface area contributed by atoms with Crippen LogP contribution < -0.4 is 4.57 Å². The Labute approximate surface area is 105 Å². The predicted molar refractivity (Wildman–Crippen MR) is 71.8 cm³/mol. The summed E-state index contributed by atoms with van der Waals surface area (Å²) in [5.41, 5.74) is 0. The Morgan fingerprint density at radius 3 is 2.19 bits per heavy atom. The molecule has 0 unspecified atom stereocenters. The van der Waals surface area contributed by atoms with Gasteiger partial charge in [0, 0.05) is 0 Å². The van der Waals surface area contributed by atoms with Crippen molar-refractivity contribution in [2.45, 2.75) is 51.5 Å². The Balaban J connectivity index is 1.88. The smallest absolute Gasteiger partial charge is 0.240 e. The van der Waals surface area contributed by atoms with Gasteiger partial charge in [-0.25, -0.2) is 9.13 Å². The van der Waals surface area contributed by atoms with Crippen molar-refractivity contribution in [2.75, 3.05) is 5.75 Å². The number of aromatic nitrogens is 2. The van der Waals surface area contributed by atoms with Crippen LogP contribution in [0.1, 0.15) is 44.9 Å². The molecule has 0 aliphatic heterocycles. The van der Waals surface area contributed by atoms with Gasteiger partial charge in [0.2, 0.25) is 6.33 Å². The van der Waals surface area contributed by atoms with Crippen LogP contribution in [0, 0.1) is 0 Å². The fraction of sp³-hybridized carbons (Fsp3) is 0.769. The van der Waals surface area contributed by atoms with Crippen molar-refractivity contribution < 1.29 is 4.57 Å². The Bertz CT molecular complexity index is 271. The van der Waals surface area contributed by atoms with Gasteiger partial charge in [0.05, 0.1) is 13.6 Å². The van der Waals surface area contributed by atoms with Crippen LogP contribution >= 0.6 is 12.6 Å². The van der Waals surface area contributed by atoms with Crippen molar-refractivity contribution in [1.29, 1.82) is 0 Å². The Morgan fingerprint density at radius 2 is 1.62 bits per heavy atom. The summed E-state index contributed by atoms with van der Waals surface area (Å²) in [6.45, 7) is 1.16. The topological polar surface area (TPSA) is 8.81 Å². The molecule has 1 rings (SSSR count). The first kappa shape index (κ1) is 13.6. The molecular formula is C13H25N2S+. The monoisotopic (exact) mass is 241 g/mol. The van der Waals surface area contributed by atoms with Gasteiger partial charge < -0.3 is 0 Å². The van der Waals surface area contributed by atoms with Crippen molar-refractivity contribution in [3.63, 3.8) is 0 Å². The van der Waals surface area contributed by atoms with E-state index in [9.17, 15) is 0 Å². The quantitative estimate of drug-likeness (QED) is 0.387. The molecule has 0 amide bonds. The maximum atomic E-state index is 4.22. The number of thiol groups is 1. The lowest BCUT2D eigenvalue weighted by Crippen LogP contribution is -2.23. The number of rotatable bonds is 9. The van der Waals surface area contributed by atoms with E-state index in [1.807, 2.05) is 0 Å². The number of nitrogens with zero attached hydrogens (tertiary/aromatic N) is 2. The fourth-order valence-electron chi connectivity index (χ4n) is 1.92. The highest BCUT2D eigenvalue weighted by atomic mass is 32.1. The molecule has 0 saturated carbocycles. The highest BCUT2D eigenvalue weighted by molar-refractivity contribution is 7.80. The molecular weight excluding hydrogens is 216 g/mol. The highest BCUT2D eigenvalue weighted by Gasteiger charge is 1.98. The van der Waals surface area contributed by atoms with Gasteiger partial charge in [0.1, 0.15) is 12.4 Å². The van der Waals surface area contributed by atoms with E-state index in [1.165, 1.54) is 44.9 Å². The van der Waals surface area contributed by atoms with Gasteiger partial charge in [-0.2, -0.15) is 12.6 Å². The fourth-order valence-corrected chi connectivity index (χ4v) is 2.15. The summed E-state index contributed by atoms with van der Waals surface area (Å²) < 4.78 is 4.36. The van der Waals surface area contributed by atoms with Gasteiger partial charge in [-0.3, -0.25) is 0 Å². The Kier molecular flexibility index (Phi) is 7.39. The largest absolute Gasteiger partial charge is 0.243 e. The summed E-state index contributed by atoms with van der Waals surface area (Å²) in [6, 6.07) is 0. The first-order valence-electron chi connectivity index (χ1n) is 6.45. The minimum Gasteiger partial charge on any atom is -0.240 e. The van der Waals surface area contributed by atoms with Gasteiger partial charge in [0.15, 0.2) is 0 Å². The third-order valence-electron chi connectivity index (χ3n) is 2.90.